The SMILES string of the molecule is Cc1ccc(OCc2cc(C(=O)NN)ccc2F)cc1. The predicted octanol–water partition coefficient (Wildman–Crippen LogP) is 2.32. The van der Waals surface area contributed by atoms with E-state index < -0.39 is 11.7 Å². The summed E-state index contributed by atoms with van der Waals surface area (Å²) < 4.78 is 19.2. The highest BCUT2D eigenvalue weighted by molar-refractivity contribution is 5.93. The molecule has 3 N–H and O–H groups in total. The number of hydrazine groups is 1. The van der Waals surface area contributed by atoms with Crippen LogP contribution in [-0.4, -0.2) is 5.91 Å². The smallest absolute Gasteiger partial charge is 0.265 e. The topological polar surface area (TPSA) is 64.3 Å². The summed E-state index contributed by atoms with van der Waals surface area (Å²) in [5.74, 6) is 4.79. The third kappa shape index (κ3) is 3.33. The molecule has 0 unspecified atom stereocenters. The Bertz CT molecular complexity index is 612. The van der Waals surface area contributed by atoms with Crippen LogP contribution in [0.15, 0.2) is 42.5 Å². The van der Waals surface area contributed by atoms with E-state index in [-0.39, 0.29) is 12.2 Å². The highest BCUT2D eigenvalue weighted by atomic mass is 19.1. The van der Waals surface area contributed by atoms with Crippen molar-refractivity contribution in [1.29, 1.82) is 0 Å². The van der Waals surface area contributed by atoms with Gasteiger partial charge in [0.25, 0.3) is 5.91 Å². The molecule has 0 aromatic heterocycles. The van der Waals surface area contributed by atoms with Crippen molar-refractivity contribution in [3.8, 4) is 5.75 Å². The van der Waals surface area contributed by atoms with Crippen LogP contribution < -0.4 is 16.0 Å². The van der Waals surface area contributed by atoms with Crippen molar-refractivity contribution in [2.45, 2.75) is 13.5 Å². The third-order valence-electron chi connectivity index (χ3n) is 2.85. The molecule has 0 aliphatic carbocycles. The average molecular weight is 274 g/mol. The minimum Gasteiger partial charge on any atom is -0.489 e. The number of carbonyl (C=O) groups is 1. The molecule has 20 heavy (non-hydrogen) atoms. The van der Waals surface area contributed by atoms with E-state index in [4.69, 9.17) is 10.6 Å². The standard InChI is InChI=1S/C15H15FN2O2/c1-10-2-5-13(6-3-10)20-9-12-8-11(15(19)18-17)4-7-14(12)16/h2-8H,9,17H2,1H3,(H,18,19). The van der Waals surface area contributed by atoms with Gasteiger partial charge in [0.1, 0.15) is 18.2 Å². The van der Waals surface area contributed by atoms with Gasteiger partial charge in [-0.2, -0.15) is 0 Å². The molecule has 0 spiro atoms. The third-order valence-corrected chi connectivity index (χ3v) is 2.85. The molecule has 4 nitrogen and oxygen atoms in total. The molecule has 0 saturated heterocycles. The first-order chi connectivity index (χ1) is 9.60. The van der Waals surface area contributed by atoms with Crippen LogP contribution in [0.4, 0.5) is 4.39 Å². The monoisotopic (exact) mass is 274 g/mol. The maximum Gasteiger partial charge on any atom is 0.265 e. The lowest BCUT2D eigenvalue weighted by Gasteiger charge is -2.09. The number of benzene rings is 2. The van der Waals surface area contributed by atoms with Crippen LogP contribution in [0.3, 0.4) is 0 Å². The Morgan fingerprint density at radius 1 is 1.25 bits per heavy atom. The first-order valence-corrected chi connectivity index (χ1v) is 6.09. The van der Waals surface area contributed by atoms with E-state index in [9.17, 15) is 9.18 Å². The van der Waals surface area contributed by atoms with Crippen molar-refractivity contribution in [2.75, 3.05) is 0 Å². The summed E-state index contributed by atoms with van der Waals surface area (Å²) in [7, 11) is 0. The highest BCUT2D eigenvalue weighted by Gasteiger charge is 2.09. The fraction of sp³-hybridized carbons (Fsp3) is 0.133. The van der Waals surface area contributed by atoms with Crippen LogP contribution in [-0.2, 0) is 6.61 Å². The molecule has 0 aliphatic heterocycles. The van der Waals surface area contributed by atoms with E-state index in [1.165, 1.54) is 18.2 Å². The zero-order valence-electron chi connectivity index (χ0n) is 11.0. The van der Waals surface area contributed by atoms with Gasteiger partial charge in [0, 0.05) is 11.1 Å². The Labute approximate surface area is 116 Å². The van der Waals surface area contributed by atoms with Crippen LogP contribution in [0.2, 0.25) is 0 Å². The lowest BCUT2D eigenvalue weighted by molar-refractivity contribution is 0.0953. The summed E-state index contributed by atoms with van der Waals surface area (Å²) in [5, 5.41) is 0. The molecular weight excluding hydrogens is 259 g/mol. The molecule has 0 atom stereocenters. The molecule has 0 saturated carbocycles. The summed E-state index contributed by atoms with van der Waals surface area (Å²) in [6.45, 7) is 2.01. The lowest BCUT2D eigenvalue weighted by Crippen LogP contribution is -2.30. The van der Waals surface area contributed by atoms with Gasteiger partial charge in [0.05, 0.1) is 0 Å². The van der Waals surface area contributed by atoms with Gasteiger partial charge in [-0.15, -0.1) is 0 Å². The van der Waals surface area contributed by atoms with Gasteiger partial charge >= 0.3 is 0 Å². The zero-order valence-corrected chi connectivity index (χ0v) is 11.0. The average Bonchev–Trinajstić information content (AvgIpc) is 2.47. The van der Waals surface area contributed by atoms with Gasteiger partial charge in [-0.25, -0.2) is 10.2 Å². The second kappa shape index (κ2) is 6.16. The van der Waals surface area contributed by atoms with E-state index in [1.807, 2.05) is 36.6 Å². The van der Waals surface area contributed by atoms with Crippen molar-refractivity contribution in [2.24, 2.45) is 5.84 Å². The molecule has 2 aromatic rings. The quantitative estimate of drug-likeness (QED) is 0.511. The summed E-state index contributed by atoms with van der Waals surface area (Å²) in [4.78, 5) is 11.4. The fourth-order valence-corrected chi connectivity index (χ4v) is 1.71. The fourth-order valence-electron chi connectivity index (χ4n) is 1.71. The van der Waals surface area contributed by atoms with Crippen molar-refractivity contribution in [3.05, 3.63) is 65.0 Å². The van der Waals surface area contributed by atoms with E-state index in [2.05, 4.69) is 0 Å². The number of nitrogens with two attached hydrogens (primary N) is 1. The van der Waals surface area contributed by atoms with Gasteiger partial charge < -0.3 is 4.74 Å². The molecular formula is C15H15FN2O2. The van der Waals surface area contributed by atoms with Gasteiger partial charge in [0.15, 0.2) is 0 Å². The van der Waals surface area contributed by atoms with Gasteiger partial charge in [-0.1, -0.05) is 17.7 Å². The number of nitrogen functional groups attached to an aromatic ring is 1. The lowest BCUT2D eigenvalue weighted by atomic mass is 10.1. The number of carbonyl (C=O) groups excluding carboxylic acids is 1. The van der Waals surface area contributed by atoms with E-state index >= 15 is 0 Å². The van der Waals surface area contributed by atoms with E-state index in [0.717, 1.165) is 5.56 Å². The molecule has 0 fully saturated rings. The molecule has 0 heterocycles. The van der Waals surface area contributed by atoms with Crippen LogP contribution in [0.1, 0.15) is 21.5 Å². The minimum atomic E-state index is -0.471. The van der Waals surface area contributed by atoms with Crippen LogP contribution in [0.25, 0.3) is 0 Å². The Kier molecular flexibility index (Phi) is 4.32. The maximum absolute atomic E-state index is 13.7. The Morgan fingerprint density at radius 2 is 1.95 bits per heavy atom. The van der Waals surface area contributed by atoms with Crippen molar-refractivity contribution in [1.82, 2.24) is 5.43 Å². The van der Waals surface area contributed by atoms with Crippen LogP contribution in [0.5, 0.6) is 5.75 Å². The Balaban J connectivity index is 2.12. The van der Waals surface area contributed by atoms with Crippen LogP contribution >= 0.6 is 0 Å². The van der Waals surface area contributed by atoms with E-state index in [0.29, 0.717) is 11.3 Å². The van der Waals surface area contributed by atoms with Crippen LogP contribution in [0, 0.1) is 12.7 Å². The molecule has 0 bridgehead atoms. The molecule has 0 aliphatic rings. The zero-order chi connectivity index (χ0) is 14.5. The molecule has 5 heteroatoms. The Hall–Kier alpha value is -2.40. The number of ether oxygens (including phenoxy) is 1. The number of amides is 1. The highest BCUT2D eigenvalue weighted by Crippen LogP contribution is 2.16. The maximum atomic E-state index is 13.7. The summed E-state index contributed by atoms with van der Waals surface area (Å²) >= 11 is 0. The molecule has 0 radical (unpaired) electrons. The van der Waals surface area contributed by atoms with Gasteiger partial charge in [-0.3, -0.25) is 10.2 Å². The van der Waals surface area contributed by atoms with Crippen molar-refractivity contribution >= 4 is 5.91 Å². The minimum absolute atomic E-state index is 0.0422. The molecule has 1 amide bonds. The Morgan fingerprint density at radius 3 is 2.60 bits per heavy atom. The van der Waals surface area contributed by atoms with Crippen molar-refractivity contribution < 1.29 is 13.9 Å². The number of aryl methyl sites for hydroxylation is 1. The second-order valence-corrected chi connectivity index (χ2v) is 4.38. The first-order valence-electron chi connectivity index (χ1n) is 6.09. The number of rotatable bonds is 4. The van der Waals surface area contributed by atoms with Crippen molar-refractivity contribution in [3.63, 3.8) is 0 Å². The molecule has 2 aromatic carbocycles. The number of nitrogens with one attached hydrogen (secondary N) is 1. The normalized spacial score (nSPS) is 10.2. The largest absolute Gasteiger partial charge is 0.489 e. The van der Waals surface area contributed by atoms with Gasteiger partial charge in [-0.05, 0) is 37.3 Å². The summed E-state index contributed by atoms with van der Waals surface area (Å²) in [6, 6.07) is 11.4. The first kappa shape index (κ1) is 14.0. The summed E-state index contributed by atoms with van der Waals surface area (Å²) in [6.07, 6.45) is 0. The number of halogens is 1. The predicted molar refractivity (Wildman–Crippen MR) is 73.6 cm³/mol. The number of hydrogen-bond donors (Lipinski definition) is 2. The molecule has 2 rings (SSSR count). The molecule has 104 valence electrons. The van der Waals surface area contributed by atoms with E-state index in [1.54, 1.807) is 0 Å². The van der Waals surface area contributed by atoms with Gasteiger partial charge in [0.2, 0.25) is 0 Å². The number of hydrogen-bond acceptors (Lipinski definition) is 3. The second-order valence-electron chi connectivity index (χ2n) is 4.38. The summed E-state index contributed by atoms with van der Waals surface area (Å²) in [5.41, 5.74) is 3.71.